The van der Waals surface area contributed by atoms with Crippen LogP contribution in [0.4, 0.5) is 4.39 Å². The Morgan fingerprint density at radius 3 is 2.30 bits per heavy atom. The van der Waals surface area contributed by atoms with Crippen molar-refractivity contribution < 1.29 is 27.4 Å². The molecule has 0 heterocycles. The molecule has 1 N–H and O–H groups in total. The van der Waals surface area contributed by atoms with Crippen molar-refractivity contribution in [3.63, 3.8) is 0 Å². The number of halogens is 1. The van der Waals surface area contributed by atoms with E-state index in [1.165, 1.54) is 36.4 Å². The van der Waals surface area contributed by atoms with Gasteiger partial charge >= 0.3 is 5.97 Å². The molecule has 0 aliphatic carbocycles. The summed E-state index contributed by atoms with van der Waals surface area (Å²) in [6, 6.07) is 12.4. The van der Waals surface area contributed by atoms with Crippen LogP contribution in [0, 0.1) is 5.82 Å². The Kier molecular flexibility index (Phi) is 7.97. The summed E-state index contributed by atoms with van der Waals surface area (Å²) in [6.45, 7) is 5.41. The van der Waals surface area contributed by atoms with Crippen LogP contribution in [0.3, 0.4) is 0 Å². The molecule has 164 valence electrons. The van der Waals surface area contributed by atoms with Crippen molar-refractivity contribution in [3.8, 4) is 5.75 Å². The lowest BCUT2D eigenvalue weighted by molar-refractivity contribution is -0.152. The van der Waals surface area contributed by atoms with Crippen molar-refractivity contribution in [1.82, 2.24) is 4.31 Å². The van der Waals surface area contributed by atoms with Crippen molar-refractivity contribution in [2.75, 3.05) is 13.1 Å². The van der Waals surface area contributed by atoms with E-state index < -0.39 is 27.4 Å². The number of aliphatic carboxylic acids is 1. The van der Waals surface area contributed by atoms with Crippen LogP contribution in [-0.2, 0) is 21.2 Å². The lowest BCUT2D eigenvalue weighted by Crippen LogP contribution is -2.37. The number of hydrogen-bond donors (Lipinski definition) is 1. The predicted octanol–water partition coefficient (Wildman–Crippen LogP) is 4.10. The van der Waals surface area contributed by atoms with Crippen LogP contribution < -0.4 is 4.74 Å². The molecular formula is C22H28FNO5S. The average molecular weight is 438 g/mol. The Morgan fingerprint density at radius 1 is 1.10 bits per heavy atom. The highest BCUT2D eigenvalue weighted by molar-refractivity contribution is 7.89. The summed E-state index contributed by atoms with van der Waals surface area (Å²) in [5, 5.41) is 9.13. The molecule has 30 heavy (non-hydrogen) atoms. The normalized spacial score (nSPS) is 12.2. The molecule has 2 aromatic carbocycles. The monoisotopic (exact) mass is 437 g/mol. The van der Waals surface area contributed by atoms with E-state index in [4.69, 9.17) is 9.84 Å². The summed E-state index contributed by atoms with van der Waals surface area (Å²) >= 11 is 0. The molecule has 0 fully saturated rings. The number of carboxylic acid groups (broad SMARTS) is 1. The Labute approximate surface area is 177 Å². The lowest BCUT2D eigenvalue weighted by atomic mass is 10.1. The maximum atomic E-state index is 14.0. The fourth-order valence-electron chi connectivity index (χ4n) is 2.92. The number of hydrogen-bond acceptors (Lipinski definition) is 4. The van der Waals surface area contributed by atoms with Crippen LogP contribution in [0.5, 0.6) is 5.75 Å². The molecule has 0 spiro atoms. The predicted molar refractivity (Wildman–Crippen MR) is 113 cm³/mol. The number of sulfonamides is 1. The molecule has 6 nitrogen and oxygen atoms in total. The number of nitrogens with zero attached hydrogens (tertiary/aromatic N) is 1. The van der Waals surface area contributed by atoms with Gasteiger partial charge in [0.15, 0.2) is 5.60 Å². The van der Waals surface area contributed by atoms with Crippen LogP contribution in [0.1, 0.15) is 39.2 Å². The molecular weight excluding hydrogens is 409 g/mol. The smallest absolute Gasteiger partial charge is 0.347 e. The van der Waals surface area contributed by atoms with Gasteiger partial charge in [-0.2, -0.15) is 4.31 Å². The quantitative estimate of drug-likeness (QED) is 0.572. The molecule has 0 aliphatic rings. The molecule has 0 unspecified atom stereocenters. The molecule has 0 saturated carbocycles. The number of rotatable bonds is 11. The van der Waals surface area contributed by atoms with Gasteiger partial charge in [-0.3, -0.25) is 0 Å². The van der Waals surface area contributed by atoms with E-state index in [1.807, 2.05) is 19.1 Å². The van der Waals surface area contributed by atoms with E-state index in [-0.39, 0.29) is 11.4 Å². The third-order valence-corrected chi connectivity index (χ3v) is 6.54. The summed E-state index contributed by atoms with van der Waals surface area (Å²) in [6.07, 6.45) is 1.81. The number of benzene rings is 2. The summed E-state index contributed by atoms with van der Waals surface area (Å²) in [7, 11) is -3.90. The summed E-state index contributed by atoms with van der Waals surface area (Å²) < 4.78 is 46.5. The van der Waals surface area contributed by atoms with Gasteiger partial charge < -0.3 is 9.84 Å². The molecule has 0 amide bonds. The van der Waals surface area contributed by atoms with E-state index in [2.05, 4.69) is 0 Å². The largest absolute Gasteiger partial charge is 0.478 e. The lowest BCUT2D eigenvalue weighted by Gasteiger charge is -2.22. The van der Waals surface area contributed by atoms with Gasteiger partial charge in [0.05, 0.1) is 0 Å². The zero-order valence-corrected chi connectivity index (χ0v) is 18.3. The fourth-order valence-corrected chi connectivity index (χ4v) is 4.55. The second-order valence-corrected chi connectivity index (χ2v) is 9.41. The minimum atomic E-state index is -3.90. The molecule has 0 aromatic heterocycles. The first-order chi connectivity index (χ1) is 14.1. The van der Waals surface area contributed by atoms with Crippen molar-refractivity contribution in [2.45, 2.75) is 50.5 Å². The van der Waals surface area contributed by atoms with Crippen molar-refractivity contribution in [3.05, 3.63) is 59.9 Å². The number of aryl methyl sites for hydroxylation is 1. The first kappa shape index (κ1) is 23.8. The molecule has 0 saturated heterocycles. The van der Waals surface area contributed by atoms with Gasteiger partial charge in [-0.05, 0) is 62.9 Å². The third-order valence-electron chi connectivity index (χ3n) is 4.61. The van der Waals surface area contributed by atoms with E-state index in [1.54, 1.807) is 12.1 Å². The van der Waals surface area contributed by atoms with E-state index in [9.17, 15) is 17.6 Å². The van der Waals surface area contributed by atoms with Gasteiger partial charge in [-0.1, -0.05) is 31.2 Å². The Bertz CT molecular complexity index is 958. The number of carbonyl (C=O) groups is 1. The Morgan fingerprint density at radius 2 is 1.73 bits per heavy atom. The average Bonchev–Trinajstić information content (AvgIpc) is 2.68. The maximum absolute atomic E-state index is 14.0. The van der Waals surface area contributed by atoms with Gasteiger partial charge in [0.1, 0.15) is 16.5 Å². The van der Waals surface area contributed by atoms with E-state index in [0.29, 0.717) is 31.6 Å². The van der Waals surface area contributed by atoms with Gasteiger partial charge in [0.25, 0.3) is 0 Å². The van der Waals surface area contributed by atoms with E-state index >= 15 is 0 Å². The fraction of sp³-hybridized carbons (Fsp3) is 0.409. The highest BCUT2D eigenvalue weighted by atomic mass is 32.2. The first-order valence-electron chi connectivity index (χ1n) is 9.84. The zero-order chi connectivity index (χ0) is 22.4. The molecule has 0 aliphatic heterocycles. The highest BCUT2D eigenvalue weighted by Gasteiger charge is 2.29. The Balaban J connectivity index is 2.01. The molecule has 0 atom stereocenters. The molecule has 0 radical (unpaired) electrons. The summed E-state index contributed by atoms with van der Waals surface area (Å²) in [5.41, 5.74) is -0.362. The van der Waals surface area contributed by atoms with E-state index in [0.717, 1.165) is 11.6 Å². The molecule has 2 aromatic rings. The topological polar surface area (TPSA) is 83.9 Å². The number of carboxylic acids is 1. The van der Waals surface area contributed by atoms with Crippen molar-refractivity contribution in [2.24, 2.45) is 0 Å². The minimum absolute atomic E-state index is 0.273. The molecule has 8 heteroatoms. The Hall–Kier alpha value is -2.45. The van der Waals surface area contributed by atoms with Crippen LogP contribution in [0.25, 0.3) is 0 Å². The molecule has 2 rings (SSSR count). The van der Waals surface area contributed by atoms with Gasteiger partial charge in [0, 0.05) is 13.1 Å². The van der Waals surface area contributed by atoms with Crippen LogP contribution in [0.2, 0.25) is 0 Å². The van der Waals surface area contributed by atoms with Crippen LogP contribution in [0.15, 0.2) is 53.4 Å². The van der Waals surface area contributed by atoms with Crippen molar-refractivity contribution >= 4 is 16.0 Å². The first-order valence-corrected chi connectivity index (χ1v) is 11.3. The second kappa shape index (κ2) is 10.0. The second-order valence-electron chi connectivity index (χ2n) is 7.50. The molecule has 0 bridgehead atoms. The zero-order valence-electron chi connectivity index (χ0n) is 17.5. The summed E-state index contributed by atoms with van der Waals surface area (Å²) in [4.78, 5) is 10.8. The minimum Gasteiger partial charge on any atom is -0.478 e. The van der Waals surface area contributed by atoms with Crippen LogP contribution in [-0.4, -0.2) is 42.5 Å². The van der Waals surface area contributed by atoms with Crippen LogP contribution >= 0.6 is 0 Å². The maximum Gasteiger partial charge on any atom is 0.347 e. The third kappa shape index (κ3) is 6.03. The van der Waals surface area contributed by atoms with Gasteiger partial charge in [0.2, 0.25) is 10.0 Å². The highest BCUT2D eigenvalue weighted by Crippen LogP contribution is 2.22. The van der Waals surface area contributed by atoms with Gasteiger partial charge in [-0.25, -0.2) is 17.6 Å². The van der Waals surface area contributed by atoms with Gasteiger partial charge in [-0.15, -0.1) is 0 Å². The SMILES string of the molecule is CCCN(CCCc1ccc(OC(C)(C)C(=O)O)cc1)S(=O)(=O)c1ccccc1F. The van der Waals surface area contributed by atoms with Crippen molar-refractivity contribution in [1.29, 1.82) is 0 Å². The number of ether oxygens (including phenoxy) is 1. The summed E-state index contributed by atoms with van der Waals surface area (Å²) in [5.74, 6) is -1.36. The standard InChI is InChI=1S/C22H28FNO5S/c1-4-15-24(30(27,28)20-10-6-5-9-19(20)23)16-7-8-17-11-13-18(14-12-17)29-22(2,3)21(25)26/h5-6,9-14H,4,7-8,15-16H2,1-3H3,(H,25,26).